The van der Waals surface area contributed by atoms with E-state index in [1.165, 1.54) is 199 Å². The first kappa shape index (κ1) is 64.1. The zero-order chi connectivity index (χ0) is 48.1. The third-order valence-electron chi connectivity index (χ3n) is 13.5. The van der Waals surface area contributed by atoms with Gasteiger partial charge >= 0.3 is 5.97 Å². The number of esters is 1. The van der Waals surface area contributed by atoms with Gasteiger partial charge in [-0.05, 0) is 51.4 Å². The van der Waals surface area contributed by atoms with E-state index in [-0.39, 0.29) is 24.9 Å². The lowest BCUT2D eigenvalue weighted by atomic mass is 10.0. The Morgan fingerprint density at radius 3 is 1.15 bits per heavy atom. The lowest BCUT2D eigenvalue weighted by Crippen LogP contribution is -2.46. The van der Waals surface area contributed by atoms with Crippen LogP contribution in [0.5, 0.6) is 0 Å². The minimum atomic E-state index is -0.789. The van der Waals surface area contributed by atoms with Crippen LogP contribution in [-0.4, -0.2) is 46.9 Å². The average molecular weight is 929 g/mol. The van der Waals surface area contributed by atoms with Crippen molar-refractivity contribution < 1.29 is 24.5 Å². The van der Waals surface area contributed by atoms with Crippen LogP contribution in [0.4, 0.5) is 0 Å². The lowest BCUT2D eigenvalue weighted by molar-refractivity contribution is -0.151. The van der Waals surface area contributed by atoms with Crippen molar-refractivity contribution in [2.75, 3.05) is 6.61 Å². The van der Waals surface area contributed by atoms with Crippen molar-refractivity contribution in [1.29, 1.82) is 0 Å². The van der Waals surface area contributed by atoms with Gasteiger partial charge in [-0.1, -0.05) is 282 Å². The number of carbonyl (C=O) groups excluding carboxylic acids is 2. The van der Waals surface area contributed by atoms with Crippen molar-refractivity contribution in [2.24, 2.45) is 0 Å². The summed E-state index contributed by atoms with van der Waals surface area (Å²) in [5.41, 5.74) is 0. The second kappa shape index (κ2) is 54.0. The number of amides is 1. The molecule has 0 aromatic rings. The maximum Gasteiger partial charge on any atom is 0.306 e. The fraction of sp³-hybridized carbons (Fsp3) is 0.867. The van der Waals surface area contributed by atoms with Gasteiger partial charge in [0.25, 0.3) is 0 Å². The molecule has 0 saturated carbocycles. The van der Waals surface area contributed by atoms with Crippen LogP contribution in [0.2, 0.25) is 0 Å². The maximum absolute atomic E-state index is 13.3. The first-order valence-corrected chi connectivity index (χ1v) is 29.2. The summed E-state index contributed by atoms with van der Waals surface area (Å²) in [6.07, 6.45) is 64.9. The molecular formula is C60H113NO5. The van der Waals surface area contributed by atoms with Gasteiger partial charge in [-0.3, -0.25) is 9.59 Å². The Balaban J connectivity index is 4.57. The first-order valence-electron chi connectivity index (χ1n) is 29.2. The molecule has 66 heavy (non-hydrogen) atoms. The van der Waals surface area contributed by atoms with Crippen LogP contribution in [0.1, 0.15) is 310 Å². The summed E-state index contributed by atoms with van der Waals surface area (Å²) in [5.74, 6) is -0.479. The maximum atomic E-state index is 13.3. The third kappa shape index (κ3) is 48.5. The van der Waals surface area contributed by atoms with Crippen LogP contribution in [0.3, 0.4) is 0 Å². The van der Waals surface area contributed by atoms with Crippen molar-refractivity contribution in [3.8, 4) is 0 Å². The number of aliphatic hydroxyl groups excluding tert-OH is 2. The van der Waals surface area contributed by atoms with E-state index in [1.807, 2.05) is 0 Å². The molecule has 6 nitrogen and oxygen atoms in total. The zero-order valence-corrected chi connectivity index (χ0v) is 44.3. The number of hydrogen-bond donors (Lipinski definition) is 3. The average Bonchev–Trinajstić information content (AvgIpc) is 3.31. The largest absolute Gasteiger partial charge is 0.462 e. The van der Waals surface area contributed by atoms with E-state index in [4.69, 9.17) is 4.74 Å². The van der Waals surface area contributed by atoms with E-state index >= 15 is 0 Å². The highest BCUT2D eigenvalue weighted by molar-refractivity contribution is 5.77. The standard InChI is InChI=1S/C60H113NO5/c1-4-7-10-13-16-19-22-25-27-29-30-32-35-38-41-44-47-50-53-60(65)66-56(51-48-45-42-39-36-34-31-28-26-23-20-17-14-11-8-5-2)54-59(64)61-57(55-62)58(63)52-49-46-43-40-37-33-24-21-18-15-12-9-6-3/h22,25,27,29-30,32,56-58,62-63H,4-21,23-24,26,28,31,33-55H2,1-3H3,(H,61,64)/b25-22+,29-27+,32-30+. The third-order valence-corrected chi connectivity index (χ3v) is 13.5. The molecule has 0 aromatic heterocycles. The molecule has 0 spiro atoms. The van der Waals surface area contributed by atoms with Crippen LogP contribution in [0.25, 0.3) is 0 Å². The van der Waals surface area contributed by atoms with Gasteiger partial charge in [-0.15, -0.1) is 0 Å². The van der Waals surface area contributed by atoms with Gasteiger partial charge in [-0.2, -0.15) is 0 Å². The minimum absolute atomic E-state index is 0.0740. The quantitative estimate of drug-likeness (QED) is 0.0321. The summed E-state index contributed by atoms with van der Waals surface area (Å²) in [6.45, 7) is 6.50. The zero-order valence-electron chi connectivity index (χ0n) is 44.3. The predicted octanol–water partition coefficient (Wildman–Crippen LogP) is 18.0. The molecular weight excluding hydrogens is 815 g/mol. The van der Waals surface area contributed by atoms with Gasteiger partial charge in [0, 0.05) is 6.42 Å². The van der Waals surface area contributed by atoms with Gasteiger partial charge in [0.2, 0.25) is 5.91 Å². The van der Waals surface area contributed by atoms with Crippen molar-refractivity contribution in [3.63, 3.8) is 0 Å². The van der Waals surface area contributed by atoms with Crippen molar-refractivity contribution in [1.82, 2.24) is 5.32 Å². The molecule has 3 N–H and O–H groups in total. The van der Waals surface area contributed by atoms with Gasteiger partial charge in [0.15, 0.2) is 0 Å². The smallest absolute Gasteiger partial charge is 0.306 e. The fourth-order valence-corrected chi connectivity index (χ4v) is 9.08. The van der Waals surface area contributed by atoms with E-state index < -0.39 is 18.2 Å². The molecule has 0 heterocycles. The van der Waals surface area contributed by atoms with Crippen LogP contribution >= 0.6 is 0 Å². The van der Waals surface area contributed by atoms with Gasteiger partial charge in [-0.25, -0.2) is 0 Å². The summed E-state index contributed by atoms with van der Waals surface area (Å²) >= 11 is 0. The van der Waals surface area contributed by atoms with E-state index in [2.05, 4.69) is 62.5 Å². The molecule has 388 valence electrons. The van der Waals surface area contributed by atoms with Crippen molar-refractivity contribution in [3.05, 3.63) is 36.5 Å². The molecule has 0 aliphatic carbocycles. The molecule has 0 rings (SSSR count). The molecule has 6 heteroatoms. The Kier molecular flexibility index (Phi) is 52.5. The highest BCUT2D eigenvalue weighted by Gasteiger charge is 2.24. The monoisotopic (exact) mass is 928 g/mol. The van der Waals surface area contributed by atoms with Crippen molar-refractivity contribution in [2.45, 2.75) is 328 Å². The highest BCUT2D eigenvalue weighted by Crippen LogP contribution is 2.19. The molecule has 0 aromatic carbocycles. The van der Waals surface area contributed by atoms with Crippen LogP contribution < -0.4 is 5.32 Å². The molecule has 3 unspecified atom stereocenters. The lowest BCUT2D eigenvalue weighted by Gasteiger charge is -2.24. The Morgan fingerprint density at radius 1 is 0.439 bits per heavy atom. The van der Waals surface area contributed by atoms with E-state index in [1.54, 1.807) is 0 Å². The molecule has 0 aliphatic heterocycles. The van der Waals surface area contributed by atoms with E-state index in [9.17, 15) is 19.8 Å². The second-order valence-corrected chi connectivity index (χ2v) is 20.1. The summed E-state index contributed by atoms with van der Waals surface area (Å²) in [6, 6.07) is -0.703. The van der Waals surface area contributed by atoms with Gasteiger partial charge in [0.05, 0.1) is 25.2 Å². The molecule has 0 bridgehead atoms. The Bertz CT molecular complexity index is 1090. The first-order chi connectivity index (χ1) is 32.5. The minimum Gasteiger partial charge on any atom is -0.462 e. The van der Waals surface area contributed by atoms with E-state index in [0.29, 0.717) is 19.3 Å². The molecule has 1 amide bonds. The molecule has 0 radical (unpaired) electrons. The molecule has 0 saturated heterocycles. The van der Waals surface area contributed by atoms with Crippen LogP contribution in [-0.2, 0) is 14.3 Å². The summed E-state index contributed by atoms with van der Waals surface area (Å²) in [7, 11) is 0. The van der Waals surface area contributed by atoms with Gasteiger partial charge < -0.3 is 20.3 Å². The fourth-order valence-electron chi connectivity index (χ4n) is 9.08. The summed E-state index contributed by atoms with van der Waals surface area (Å²) in [4.78, 5) is 26.3. The second-order valence-electron chi connectivity index (χ2n) is 20.1. The topological polar surface area (TPSA) is 95.9 Å². The van der Waals surface area contributed by atoms with Gasteiger partial charge in [0.1, 0.15) is 6.10 Å². The van der Waals surface area contributed by atoms with E-state index in [0.717, 1.165) is 64.2 Å². The highest BCUT2D eigenvalue weighted by atomic mass is 16.5. The SMILES string of the molecule is CCCCCCC/C=C/C=C/C=C/CCCCCCCC(=O)OC(CCCCCCCCCCCCCCCCCC)CC(=O)NC(CO)C(O)CCCCCCCCCCCCCCC. The summed E-state index contributed by atoms with van der Waals surface area (Å²) < 4.78 is 5.96. The Hall–Kier alpha value is -1.92. The Labute approximate surface area is 411 Å². The number of rotatable bonds is 53. The number of unbranched alkanes of at least 4 members (excludes halogenated alkanes) is 37. The van der Waals surface area contributed by atoms with Crippen LogP contribution in [0.15, 0.2) is 36.5 Å². The number of aliphatic hydroxyl groups is 2. The molecule has 0 aliphatic rings. The van der Waals surface area contributed by atoms with Crippen molar-refractivity contribution >= 4 is 11.9 Å². The number of allylic oxidation sites excluding steroid dienone is 6. The summed E-state index contributed by atoms with van der Waals surface area (Å²) in [5, 5.41) is 23.9. The number of hydrogen-bond acceptors (Lipinski definition) is 5. The van der Waals surface area contributed by atoms with Crippen LogP contribution in [0, 0.1) is 0 Å². The predicted molar refractivity (Wildman–Crippen MR) is 287 cm³/mol. The number of nitrogens with one attached hydrogen (secondary N) is 1. The molecule has 0 fully saturated rings. The normalized spacial score (nSPS) is 13.3. The molecule has 3 atom stereocenters. The number of ether oxygens (including phenoxy) is 1. The number of carbonyl (C=O) groups is 2. The Morgan fingerprint density at radius 2 is 0.773 bits per heavy atom.